The van der Waals surface area contributed by atoms with Gasteiger partial charge in [-0.25, -0.2) is 0 Å². The molecular weight excluding hydrogens is 256 g/mol. The van der Waals surface area contributed by atoms with E-state index >= 15 is 0 Å². The maximum atomic E-state index is 3.41. The van der Waals surface area contributed by atoms with Crippen LogP contribution in [0.5, 0.6) is 0 Å². The lowest BCUT2D eigenvalue weighted by Gasteiger charge is -2.33. The first-order valence-corrected chi connectivity index (χ1v) is 8.29. The molecule has 0 saturated carbocycles. The van der Waals surface area contributed by atoms with Crippen molar-refractivity contribution in [2.75, 3.05) is 26.2 Å². The third-order valence-corrected chi connectivity index (χ3v) is 4.32. The van der Waals surface area contributed by atoms with E-state index in [0.717, 1.165) is 32.7 Å². The number of nitrogens with one attached hydrogen (secondary N) is 1. The highest BCUT2D eigenvalue weighted by molar-refractivity contribution is 5.28. The molecule has 0 spiro atoms. The summed E-state index contributed by atoms with van der Waals surface area (Å²) in [6.07, 6.45) is 1.21. The fourth-order valence-electron chi connectivity index (χ4n) is 3.62. The van der Waals surface area contributed by atoms with E-state index in [2.05, 4.69) is 69.1 Å². The monoisotopic (exact) mass is 288 g/mol. The topological polar surface area (TPSA) is 15.3 Å². The van der Waals surface area contributed by atoms with Crippen molar-refractivity contribution in [3.8, 4) is 0 Å². The summed E-state index contributed by atoms with van der Waals surface area (Å²) >= 11 is 0. The van der Waals surface area contributed by atoms with Crippen molar-refractivity contribution in [1.29, 1.82) is 0 Å². The Morgan fingerprint density at radius 3 is 2.05 bits per heavy atom. The molecular formula is C19H32N2. The Hall–Kier alpha value is -0.860. The predicted molar refractivity (Wildman–Crippen MR) is 91.7 cm³/mol. The summed E-state index contributed by atoms with van der Waals surface area (Å²) in [4.78, 5) is 2.53. The zero-order chi connectivity index (χ0) is 15.5. The molecule has 1 fully saturated rings. The Kier molecular flexibility index (Phi) is 5.11. The molecule has 1 aromatic rings. The molecule has 1 N–H and O–H groups in total. The van der Waals surface area contributed by atoms with Gasteiger partial charge in [-0.1, -0.05) is 58.9 Å². The zero-order valence-electron chi connectivity index (χ0n) is 14.5. The van der Waals surface area contributed by atoms with Crippen molar-refractivity contribution in [3.05, 3.63) is 35.4 Å². The van der Waals surface area contributed by atoms with E-state index < -0.39 is 0 Å². The molecule has 2 heteroatoms. The third-order valence-electron chi connectivity index (χ3n) is 4.32. The largest absolute Gasteiger partial charge is 0.314 e. The molecule has 0 aromatic heterocycles. The molecule has 1 aromatic carbocycles. The molecule has 118 valence electrons. The van der Waals surface area contributed by atoms with Gasteiger partial charge in [-0.3, -0.25) is 4.90 Å². The second-order valence-corrected chi connectivity index (χ2v) is 8.34. The van der Waals surface area contributed by atoms with Gasteiger partial charge in [0.15, 0.2) is 0 Å². The van der Waals surface area contributed by atoms with Gasteiger partial charge in [0.1, 0.15) is 0 Å². The summed E-state index contributed by atoms with van der Waals surface area (Å²) in [6.45, 7) is 17.4. The maximum absolute atomic E-state index is 3.41. The Labute approximate surface area is 130 Å². The molecule has 0 radical (unpaired) electrons. The lowest BCUT2D eigenvalue weighted by Crippen LogP contribution is -2.42. The number of hydrogen-bond donors (Lipinski definition) is 1. The van der Waals surface area contributed by atoms with Crippen molar-refractivity contribution in [3.63, 3.8) is 0 Å². The van der Waals surface area contributed by atoms with Crippen LogP contribution in [-0.2, 0) is 12.0 Å². The summed E-state index contributed by atoms with van der Waals surface area (Å²) in [5, 5.41) is 3.41. The predicted octanol–water partition coefficient (Wildman–Crippen LogP) is 3.81. The summed E-state index contributed by atoms with van der Waals surface area (Å²) in [5.41, 5.74) is 3.50. The van der Waals surface area contributed by atoms with Crippen molar-refractivity contribution >= 4 is 0 Å². The molecule has 21 heavy (non-hydrogen) atoms. The van der Waals surface area contributed by atoms with Crippen LogP contribution in [0, 0.1) is 5.41 Å². The first-order valence-electron chi connectivity index (χ1n) is 8.29. The maximum Gasteiger partial charge on any atom is 0.0234 e. The minimum Gasteiger partial charge on any atom is -0.314 e. The molecule has 1 aliphatic heterocycles. The van der Waals surface area contributed by atoms with E-state index in [9.17, 15) is 0 Å². The fourth-order valence-corrected chi connectivity index (χ4v) is 3.62. The zero-order valence-corrected chi connectivity index (χ0v) is 14.5. The van der Waals surface area contributed by atoms with Crippen molar-refractivity contribution < 1.29 is 0 Å². The number of piperazine rings is 1. The number of rotatable bonds is 4. The number of hydrogen-bond acceptors (Lipinski definition) is 2. The van der Waals surface area contributed by atoms with Crippen molar-refractivity contribution in [1.82, 2.24) is 10.2 Å². The van der Waals surface area contributed by atoms with Gasteiger partial charge in [-0.05, 0) is 28.4 Å². The van der Waals surface area contributed by atoms with E-state index in [1.807, 2.05) is 0 Å². The quantitative estimate of drug-likeness (QED) is 0.906. The second kappa shape index (κ2) is 6.50. The average molecular weight is 288 g/mol. The first-order chi connectivity index (χ1) is 9.76. The number of benzene rings is 1. The van der Waals surface area contributed by atoms with E-state index in [0.29, 0.717) is 5.41 Å². The van der Waals surface area contributed by atoms with E-state index in [1.54, 1.807) is 0 Å². The minimum atomic E-state index is 0.242. The Morgan fingerprint density at radius 1 is 0.952 bits per heavy atom. The van der Waals surface area contributed by atoms with Crippen LogP contribution in [0.4, 0.5) is 0 Å². The van der Waals surface area contributed by atoms with E-state index in [4.69, 9.17) is 0 Å². The van der Waals surface area contributed by atoms with Crippen LogP contribution >= 0.6 is 0 Å². The lowest BCUT2D eigenvalue weighted by atomic mass is 9.72. The van der Waals surface area contributed by atoms with Crippen LogP contribution in [0.25, 0.3) is 0 Å². The van der Waals surface area contributed by atoms with Crippen LogP contribution in [0.15, 0.2) is 24.3 Å². The molecule has 0 aliphatic carbocycles. The van der Waals surface area contributed by atoms with Crippen molar-refractivity contribution in [2.45, 2.75) is 53.0 Å². The Morgan fingerprint density at radius 2 is 1.52 bits per heavy atom. The van der Waals surface area contributed by atoms with Gasteiger partial charge in [-0.2, -0.15) is 0 Å². The molecule has 0 unspecified atom stereocenters. The van der Waals surface area contributed by atoms with Crippen LogP contribution in [0.2, 0.25) is 0 Å². The molecule has 0 atom stereocenters. The average Bonchev–Trinajstić information content (AvgIpc) is 2.38. The highest BCUT2D eigenvalue weighted by atomic mass is 15.2. The first kappa shape index (κ1) is 16.5. The molecule has 0 bridgehead atoms. The van der Waals surface area contributed by atoms with Gasteiger partial charge >= 0.3 is 0 Å². The lowest BCUT2D eigenvalue weighted by molar-refractivity contribution is 0.233. The summed E-state index contributed by atoms with van der Waals surface area (Å²) in [5.74, 6) is 0. The summed E-state index contributed by atoms with van der Waals surface area (Å²) in [7, 11) is 0. The molecule has 0 amide bonds. The Bertz CT molecular complexity index is 434. The molecule has 1 aliphatic rings. The highest BCUT2D eigenvalue weighted by Crippen LogP contribution is 2.36. The Balaban J connectivity index is 2.00. The van der Waals surface area contributed by atoms with Crippen LogP contribution in [0.3, 0.4) is 0 Å². The van der Waals surface area contributed by atoms with Crippen LogP contribution < -0.4 is 5.32 Å². The van der Waals surface area contributed by atoms with Gasteiger partial charge in [-0.15, -0.1) is 0 Å². The summed E-state index contributed by atoms with van der Waals surface area (Å²) in [6, 6.07) is 9.32. The highest BCUT2D eigenvalue weighted by Gasteiger charge is 2.27. The van der Waals surface area contributed by atoms with Crippen LogP contribution in [-0.4, -0.2) is 31.1 Å². The van der Waals surface area contributed by atoms with Gasteiger partial charge in [0.25, 0.3) is 0 Å². The standard InChI is InChI=1S/C19H32N2/c1-18(2,3)15-19(4,5)17-8-6-16(7-9-17)14-21-12-10-20-11-13-21/h6-9,20H,10-15H2,1-5H3. The molecule has 2 rings (SSSR count). The number of nitrogens with zero attached hydrogens (tertiary/aromatic N) is 1. The van der Waals surface area contributed by atoms with Gasteiger partial charge in [0.05, 0.1) is 0 Å². The van der Waals surface area contributed by atoms with Gasteiger partial charge in [0, 0.05) is 32.7 Å². The molecule has 2 nitrogen and oxygen atoms in total. The van der Waals surface area contributed by atoms with E-state index in [1.165, 1.54) is 17.5 Å². The fraction of sp³-hybridized carbons (Fsp3) is 0.684. The second-order valence-electron chi connectivity index (χ2n) is 8.34. The summed E-state index contributed by atoms with van der Waals surface area (Å²) < 4.78 is 0. The van der Waals surface area contributed by atoms with Gasteiger partial charge < -0.3 is 5.32 Å². The minimum absolute atomic E-state index is 0.242. The van der Waals surface area contributed by atoms with Crippen LogP contribution in [0.1, 0.15) is 52.2 Å². The van der Waals surface area contributed by atoms with Crippen molar-refractivity contribution in [2.24, 2.45) is 5.41 Å². The van der Waals surface area contributed by atoms with Gasteiger partial charge in [0.2, 0.25) is 0 Å². The third kappa shape index (κ3) is 5.12. The molecule has 1 saturated heterocycles. The SMILES string of the molecule is CC(C)(C)CC(C)(C)c1ccc(CN2CCNCC2)cc1. The smallest absolute Gasteiger partial charge is 0.0234 e. The van der Waals surface area contributed by atoms with E-state index in [-0.39, 0.29) is 5.41 Å². The molecule has 1 heterocycles. The normalized spacial score (nSPS) is 18.0.